The molecular formula is C16H10Cl2N2O5. The molecule has 0 atom stereocenters. The van der Waals surface area contributed by atoms with E-state index >= 15 is 0 Å². The van der Waals surface area contributed by atoms with Gasteiger partial charge in [-0.3, -0.25) is 14.9 Å². The summed E-state index contributed by atoms with van der Waals surface area (Å²) in [6.07, 6.45) is 1.11. The zero-order chi connectivity index (χ0) is 18.6. The monoisotopic (exact) mass is 380 g/mol. The lowest BCUT2D eigenvalue weighted by Gasteiger charge is -2.08. The van der Waals surface area contributed by atoms with Crippen molar-refractivity contribution in [2.24, 2.45) is 0 Å². The first-order valence-corrected chi connectivity index (χ1v) is 7.49. The Hall–Kier alpha value is -2.90. The number of nitrogens with one attached hydrogen (secondary N) is 1. The van der Waals surface area contributed by atoms with E-state index < -0.39 is 22.5 Å². The molecule has 1 amide bonds. The summed E-state index contributed by atoms with van der Waals surface area (Å²) >= 11 is 11.7. The Morgan fingerprint density at radius 1 is 1.16 bits per heavy atom. The van der Waals surface area contributed by atoms with Crippen molar-refractivity contribution in [3.63, 3.8) is 0 Å². The van der Waals surface area contributed by atoms with Crippen molar-refractivity contribution in [3.8, 4) is 0 Å². The van der Waals surface area contributed by atoms with Gasteiger partial charge in [0.05, 0.1) is 15.5 Å². The Bertz CT molecular complexity index is 896. The molecule has 0 radical (unpaired) electrons. The van der Waals surface area contributed by atoms with Crippen LogP contribution in [0, 0.1) is 10.1 Å². The predicted octanol–water partition coefficient (Wildman–Crippen LogP) is 3.76. The van der Waals surface area contributed by atoms with Crippen LogP contribution < -0.4 is 5.32 Å². The number of nitro groups is 1. The zero-order valence-corrected chi connectivity index (χ0v) is 13.9. The third kappa shape index (κ3) is 4.79. The van der Waals surface area contributed by atoms with Crippen LogP contribution >= 0.6 is 23.2 Å². The summed E-state index contributed by atoms with van der Waals surface area (Å²) in [6, 6.07) is 9.47. The first-order chi connectivity index (χ1) is 11.8. The molecule has 0 heterocycles. The summed E-state index contributed by atoms with van der Waals surface area (Å²) in [7, 11) is 0. The summed E-state index contributed by atoms with van der Waals surface area (Å²) in [6.45, 7) is 0. The number of benzene rings is 2. The van der Waals surface area contributed by atoms with Crippen LogP contribution in [0.15, 0.2) is 48.2 Å². The van der Waals surface area contributed by atoms with E-state index in [1.165, 1.54) is 42.5 Å². The van der Waals surface area contributed by atoms with Crippen molar-refractivity contribution in [1.29, 1.82) is 0 Å². The molecule has 0 saturated carbocycles. The van der Waals surface area contributed by atoms with Crippen molar-refractivity contribution < 1.29 is 19.6 Å². The minimum absolute atomic E-state index is 0.0391. The minimum atomic E-state index is -1.41. The maximum Gasteiger partial charge on any atom is 0.352 e. The second kappa shape index (κ2) is 7.78. The summed E-state index contributed by atoms with van der Waals surface area (Å²) in [5.41, 5.74) is -0.381. The molecule has 7 nitrogen and oxygen atoms in total. The van der Waals surface area contributed by atoms with Crippen LogP contribution in [0.4, 0.5) is 5.69 Å². The molecular weight excluding hydrogens is 371 g/mol. The number of carboxylic acids is 1. The number of carbonyl (C=O) groups is 2. The quantitative estimate of drug-likeness (QED) is 0.466. The Balaban J connectivity index is 2.32. The van der Waals surface area contributed by atoms with Crippen molar-refractivity contribution in [3.05, 3.63) is 79.4 Å². The van der Waals surface area contributed by atoms with Gasteiger partial charge in [0.2, 0.25) is 0 Å². The van der Waals surface area contributed by atoms with E-state index in [1.54, 1.807) is 0 Å². The number of carboxylic acid groups (broad SMARTS) is 1. The third-order valence-corrected chi connectivity index (χ3v) is 3.59. The van der Waals surface area contributed by atoms with E-state index in [4.69, 9.17) is 23.2 Å². The number of aliphatic carboxylic acids is 1. The maximum absolute atomic E-state index is 12.2. The Labute approximate surface area is 151 Å². The predicted molar refractivity (Wildman–Crippen MR) is 92.6 cm³/mol. The first kappa shape index (κ1) is 18.4. The summed E-state index contributed by atoms with van der Waals surface area (Å²) in [4.78, 5) is 33.7. The molecule has 0 aliphatic carbocycles. The number of non-ortho nitro benzene ring substituents is 1. The van der Waals surface area contributed by atoms with Gasteiger partial charge in [0.15, 0.2) is 0 Å². The lowest BCUT2D eigenvalue weighted by molar-refractivity contribution is -0.384. The molecule has 2 rings (SSSR count). The van der Waals surface area contributed by atoms with Crippen molar-refractivity contribution in [2.45, 2.75) is 0 Å². The lowest BCUT2D eigenvalue weighted by atomic mass is 10.1. The van der Waals surface area contributed by atoms with Crippen LogP contribution in [-0.4, -0.2) is 21.9 Å². The molecule has 25 heavy (non-hydrogen) atoms. The van der Waals surface area contributed by atoms with Gasteiger partial charge in [0, 0.05) is 17.2 Å². The average molecular weight is 381 g/mol. The molecule has 2 aromatic carbocycles. The highest BCUT2D eigenvalue weighted by Crippen LogP contribution is 2.21. The minimum Gasteiger partial charge on any atom is -0.477 e. The molecule has 9 heteroatoms. The first-order valence-electron chi connectivity index (χ1n) is 6.74. The fraction of sp³-hybridized carbons (Fsp3) is 0. The maximum atomic E-state index is 12.2. The highest BCUT2D eigenvalue weighted by Gasteiger charge is 2.16. The number of nitrogens with zero attached hydrogens (tertiary/aromatic N) is 1. The van der Waals surface area contributed by atoms with Gasteiger partial charge in [-0.15, -0.1) is 0 Å². The molecule has 0 aromatic heterocycles. The van der Waals surface area contributed by atoms with Crippen LogP contribution in [0.5, 0.6) is 0 Å². The van der Waals surface area contributed by atoms with Crippen molar-refractivity contribution in [1.82, 2.24) is 5.32 Å². The van der Waals surface area contributed by atoms with Gasteiger partial charge >= 0.3 is 5.97 Å². The summed E-state index contributed by atoms with van der Waals surface area (Å²) < 4.78 is 0. The highest BCUT2D eigenvalue weighted by molar-refractivity contribution is 6.36. The molecule has 0 fully saturated rings. The molecule has 2 aromatic rings. The van der Waals surface area contributed by atoms with E-state index in [1.807, 2.05) is 0 Å². The van der Waals surface area contributed by atoms with E-state index in [9.17, 15) is 24.8 Å². The number of hydrogen-bond donors (Lipinski definition) is 2. The van der Waals surface area contributed by atoms with Crippen LogP contribution in [0.2, 0.25) is 10.0 Å². The SMILES string of the molecule is O=C(O)C(=Cc1cccc([N+](=O)[O-])c1)NC(=O)c1ccc(Cl)cc1Cl. The number of nitro benzene ring substituents is 1. The Kier molecular flexibility index (Phi) is 5.74. The number of hydrogen-bond acceptors (Lipinski definition) is 4. The number of carbonyl (C=O) groups excluding carboxylic acids is 1. The zero-order valence-electron chi connectivity index (χ0n) is 12.4. The smallest absolute Gasteiger partial charge is 0.352 e. The second-order valence-corrected chi connectivity index (χ2v) is 5.64. The van der Waals surface area contributed by atoms with Gasteiger partial charge < -0.3 is 10.4 Å². The van der Waals surface area contributed by atoms with E-state index in [0.29, 0.717) is 5.02 Å². The second-order valence-electron chi connectivity index (χ2n) is 4.79. The van der Waals surface area contributed by atoms with Gasteiger partial charge in [-0.25, -0.2) is 4.79 Å². The number of amides is 1. The standard InChI is InChI=1S/C16H10Cl2N2O5/c17-10-4-5-12(13(18)8-10)15(21)19-14(16(22)23)7-9-2-1-3-11(6-9)20(24)25/h1-8H,(H,19,21)(H,22,23). The molecule has 0 aliphatic heterocycles. The van der Waals surface area contributed by atoms with E-state index in [-0.39, 0.29) is 21.8 Å². The van der Waals surface area contributed by atoms with Gasteiger partial charge in [-0.2, -0.15) is 0 Å². The Morgan fingerprint density at radius 2 is 1.88 bits per heavy atom. The summed E-state index contributed by atoms with van der Waals surface area (Å²) in [5, 5.41) is 22.6. The highest BCUT2D eigenvalue weighted by atomic mass is 35.5. The fourth-order valence-electron chi connectivity index (χ4n) is 1.91. The van der Waals surface area contributed by atoms with Crippen LogP contribution in [0.25, 0.3) is 6.08 Å². The van der Waals surface area contributed by atoms with E-state index in [0.717, 1.165) is 6.08 Å². The van der Waals surface area contributed by atoms with Gasteiger partial charge in [-0.05, 0) is 29.8 Å². The molecule has 0 bridgehead atoms. The van der Waals surface area contributed by atoms with Crippen LogP contribution in [0.3, 0.4) is 0 Å². The van der Waals surface area contributed by atoms with E-state index in [2.05, 4.69) is 5.32 Å². The number of rotatable bonds is 5. The van der Waals surface area contributed by atoms with Gasteiger partial charge in [0.25, 0.3) is 11.6 Å². The number of halogens is 2. The molecule has 2 N–H and O–H groups in total. The van der Waals surface area contributed by atoms with Gasteiger partial charge in [-0.1, -0.05) is 35.3 Å². The van der Waals surface area contributed by atoms with Crippen LogP contribution in [0.1, 0.15) is 15.9 Å². The van der Waals surface area contributed by atoms with Crippen molar-refractivity contribution in [2.75, 3.05) is 0 Å². The fourth-order valence-corrected chi connectivity index (χ4v) is 2.40. The average Bonchev–Trinajstić information content (AvgIpc) is 2.54. The molecule has 0 spiro atoms. The molecule has 0 saturated heterocycles. The normalized spacial score (nSPS) is 11.0. The van der Waals surface area contributed by atoms with Gasteiger partial charge in [0.1, 0.15) is 5.70 Å². The van der Waals surface area contributed by atoms with Crippen molar-refractivity contribution >= 4 is 46.8 Å². The lowest BCUT2D eigenvalue weighted by Crippen LogP contribution is -2.27. The Morgan fingerprint density at radius 3 is 2.48 bits per heavy atom. The topological polar surface area (TPSA) is 110 Å². The molecule has 0 unspecified atom stereocenters. The molecule has 0 aliphatic rings. The van der Waals surface area contributed by atoms with Crippen LogP contribution in [-0.2, 0) is 4.79 Å². The summed E-state index contributed by atoms with van der Waals surface area (Å²) in [5.74, 6) is -2.16. The largest absolute Gasteiger partial charge is 0.477 e. The third-order valence-electron chi connectivity index (χ3n) is 3.05. The molecule has 128 valence electrons.